The summed E-state index contributed by atoms with van der Waals surface area (Å²) in [7, 11) is 0. The number of pyridine rings is 2. The number of nitrogen functional groups attached to an aromatic ring is 3. The lowest BCUT2D eigenvalue weighted by Crippen LogP contribution is -2.43. The van der Waals surface area contributed by atoms with Crippen LogP contribution in [-0.4, -0.2) is 32.1 Å². The van der Waals surface area contributed by atoms with E-state index in [9.17, 15) is 5.26 Å². The molecule has 4 rings (SSSR count). The van der Waals surface area contributed by atoms with Gasteiger partial charge in [-0.3, -0.25) is 0 Å². The van der Waals surface area contributed by atoms with Gasteiger partial charge in [-0.25, -0.2) is 9.97 Å². The summed E-state index contributed by atoms with van der Waals surface area (Å²) in [5.74, 6) is 1.66. The average molecular weight is 552 g/mol. The highest BCUT2D eigenvalue weighted by Crippen LogP contribution is 2.31. The molecule has 10 nitrogen and oxygen atoms in total. The first-order chi connectivity index (χ1) is 17.0. The van der Waals surface area contributed by atoms with Crippen molar-refractivity contribution in [2.75, 3.05) is 23.8 Å². The maximum absolute atomic E-state index is 9.57. The number of aromatic nitrogens is 4. The lowest BCUT2D eigenvalue weighted by molar-refractivity contribution is 0.206. The molecule has 9 N–H and O–H groups in total. The first-order valence-corrected chi connectivity index (χ1v) is 12.0. The molecule has 0 saturated carbocycles. The van der Waals surface area contributed by atoms with Crippen LogP contribution in [0.25, 0.3) is 22.3 Å². The number of nitriles is 1. The summed E-state index contributed by atoms with van der Waals surface area (Å²) in [6.07, 6.45) is 4.10. The summed E-state index contributed by atoms with van der Waals surface area (Å²) in [5.41, 5.74) is 26.3. The highest BCUT2D eigenvalue weighted by Gasteiger charge is 2.22. The van der Waals surface area contributed by atoms with Gasteiger partial charge in [-0.1, -0.05) is 19.9 Å². The van der Waals surface area contributed by atoms with Crippen molar-refractivity contribution in [2.24, 2.45) is 11.7 Å². The lowest BCUT2D eigenvalue weighted by atomic mass is 9.93. The van der Waals surface area contributed by atoms with Crippen LogP contribution >= 0.6 is 15.9 Å². The lowest BCUT2D eigenvalue weighted by Gasteiger charge is -2.26. The largest absolute Gasteiger partial charge is 0.490 e. The SMILES string of the molecule is CC(C)C[C@](C)(N)COc1ccc(-c2ccnc3nc(N)[nH]c23)cc1C#N.Nc1nccc(Br)c1N. The van der Waals surface area contributed by atoms with Gasteiger partial charge in [-0.2, -0.15) is 10.2 Å². The van der Waals surface area contributed by atoms with E-state index in [1.165, 1.54) is 0 Å². The van der Waals surface area contributed by atoms with E-state index in [-0.39, 0.29) is 0 Å². The average Bonchev–Trinajstić information content (AvgIpc) is 3.21. The molecule has 11 heteroatoms. The number of nitrogens with zero attached hydrogens (tertiary/aromatic N) is 4. The monoisotopic (exact) mass is 551 g/mol. The molecule has 0 aliphatic carbocycles. The number of ether oxygens (including phenoxy) is 1. The zero-order valence-electron chi connectivity index (χ0n) is 20.4. The molecule has 0 aliphatic heterocycles. The molecular formula is C25H30BrN9O. The Morgan fingerprint density at radius 3 is 2.50 bits per heavy atom. The van der Waals surface area contributed by atoms with Gasteiger partial charge in [0.15, 0.2) is 11.6 Å². The number of imidazole rings is 1. The van der Waals surface area contributed by atoms with E-state index >= 15 is 0 Å². The predicted molar refractivity (Wildman–Crippen MR) is 147 cm³/mol. The molecule has 4 aromatic rings. The second-order valence-corrected chi connectivity index (χ2v) is 9.99. The maximum Gasteiger partial charge on any atom is 0.200 e. The van der Waals surface area contributed by atoms with Crippen molar-refractivity contribution in [3.05, 3.63) is 52.8 Å². The van der Waals surface area contributed by atoms with Crippen molar-refractivity contribution in [1.82, 2.24) is 19.9 Å². The number of anilines is 3. The van der Waals surface area contributed by atoms with Crippen molar-refractivity contribution in [1.29, 1.82) is 5.26 Å². The van der Waals surface area contributed by atoms with Crippen molar-refractivity contribution < 1.29 is 4.74 Å². The van der Waals surface area contributed by atoms with E-state index < -0.39 is 5.54 Å². The molecule has 0 spiro atoms. The van der Waals surface area contributed by atoms with Gasteiger partial charge in [0.05, 0.1) is 16.8 Å². The molecule has 0 radical (unpaired) electrons. The zero-order chi connectivity index (χ0) is 26.5. The third kappa shape index (κ3) is 6.62. The van der Waals surface area contributed by atoms with E-state index in [1.807, 2.05) is 19.1 Å². The van der Waals surface area contributed by atoms with Crippen LogP contribution in [0.5, 0.6) is 5.75 Å². The minimum atomic E-state index is -0.454. The van der Waals surface area contributed by atoms with Crippen LogP contribution in [0, 0.1) is 17.2 Å². The van der Waals surface area contributed by atoms with Gasteiger partial charge in [0, 0.05) is 28.0 Å². The van der Waals surface area contributed by atoms with Crippen LogP contribution in [0.4, 0.5) is 17.5 Å². The quantitative estimate of drug-likeness (QED) is 0.233. The Morgan fingerprint density at radius 1 is 1.14 bits per heavy atom. The number of fused-ring (bicyclic) bond motifs is 1. The number of rotatable bonds is 6. The fourth-order valence-corrected chi connectivity index (χ4v) is 4.10. The summed E-state index contributed by atoms with van der Waals surface area (Å²) >= 11 is 3.20. The van der Waals surface area contributed by atoms with E-state index in [4.69, 9.17) is 27.7 Å². The minimum absolute atomic E-state index is 0.304. The molecule has 0 amide bonds. The number of nitrogens with one attached hydrogen (secondary N) is 1. The molecule has 0 unspecified atom stereocenters. The minimum Gasteiger partial charge on any atom is -0.490 e. The first-order valence-electron chi connectivity index (χ1n) is 11.2. The Bertz CT molecular complexity index is 1370. The third-order valence-corrected chi connectivity index (χ3v) is 5.91. The van der Waals surface area contributed by atoms with Crippen LogP contribution in [0.3, 0.4) is 0 Å². The topological polar surface area (TPSA) is 192 Å². The number of halogens is 1. The Labute approximate surface area is 218 Å². The number of nitrogens with two attached hydrogens (primary N) is 4. The third-order valence-electron chi connectivity index (χ3n) is 5.22. The van der Waals surface area contributed by atoms with Crippen LogP contribution in [0.1, 0.15) is 32.8 Å². The molecular weight excluding hydrogens is 522 g/mol. The zero-order valence-corrected chi connectivity index (χ0v) is 22.0. The maximum atomic E-state index is 9.57. The van der Waals surface area contributed by atoms with Gasteiger partial charge in [-0.05, 0) is 65.0 Å². The van der Waals surface area contributed by atoms with Gasteiger partial charge in [0.25, 0.3) is 0 Å². The fourth-order valence-electron chi connectivity index (χ4n) is 3.78. The predicted octanol–water partition coefficient (Wildman–Crippen LogP) is 4.23. The van der Waals surface area contributed by atoms with E-state index in [0.717, 1.165) is 27.5 Å². The number of H-pyrrole nitrogens is 1. The van der Waals surface area contributed by atoms with Crippen LogP contribution in [-0.2, 0) is 0 Å². The molecule has 1 atom stereocenters. The molecule has 0 aliphatic rings. The van der Waals surface area contributed by atoms with Crippen molar-refractivity contribution >= 4 is 44.5 Å². The standard InChI is InChI=1S/C20H24N6O.C5H6BrN3/c1-12(2)9-20(3,23)11-27-16-5-4-13(8-14(16)10-21)15-6-7-24-18-17(15)25-19(22)26-18;6-3-1-2-9-5(8)4(3)7/h4-8,12H,9,11,23H2,1-3H3,(H3,22,24,25,26);1-2H,7H2,(H2,8,9)/t20-;/m0./s1. The summed E-state index contributed by atoms with van der Waals surface area (Å²) in [6.45, 7) is 6.55. The second-order valence-electron chi connectivity index (χ2n) is 9.13. The molecule has 0 fully saturated rings. The van der Waals surface area contributed by atoms with Gasteiger partial charge in [0.1, 0.15) is 24.2 Å². The summed E-state index contributed by atoms with van der Waals surface area (Å²) in [5, 5.41) is 9.57. The molecule has 3 heterocycles. The first kappa shape index (κ1) is 26.7. The molecule has 0 bridgehead atoms. The highest BCUT2D eigenvalue weighted by molar-refractivity contribution is 9.10. The number of aromatic amines is 1. The Kier molecular flexibility index (Phi) is 8.34. The van der Waals surface area contributed by atoms with Crippen molar-refractivity contribution in [3.63, 3.8) is 0 Å². The van der Waals surface area contributed by atoms with Crippen LogP contribution in [0.2, 0.25) is 0 Å². The Balaban J connectivity index is 0.000000338. The van der Waals surface area contributed by atoms with E-state index in [2.05, 4.69) is 55.8 Å². The van der Waals surface area contributed by atoms with E-state index in [1.54, 1.807) is 30.6 Å². The number of hydrogen-bond acceptors (Lipinski definition) is 9. The molecule has 36 heavy (non-hydrogen) atoms. The smallest absolute Gasteiger partial charge is 0.200 e. The fraction of sp³-hybridized carbons (Fsp3) is 0.280. The van der Waals surface area contributed by atoms with Crippen molar-refractivity contribution in [3.8, 4) is 22.9 Å². The second kappa shape index (κ2) is 11.2. The number of hydrogen-bond donors (Lipinski definition) is 5. The van der Waals surface area contributed by atoms with Gasteiger partial charge >= 0.3 is 0 Å². The van der Waals surface area contributed by atoms with Crippen molar-refractivity contribution in [2.45, 2.75) is 32.7 Å². The Hall–Kier alpha value is -3.88. The molecule has 1 aromatic carbocycles. The van der Waals surface area contributed by atoms with Gasteiger partial charge < -0.3 is 32.7 Å². The highest BCUT2D eigenvalue weighted by atomic mass is 79.9. The molecule has 0 saturated heterocycles. The van der Waals surface area contributed by atoms with E-state index in [0.29, 0.717) is 46.9 Å². The normalized spacial score (nSPS) is 12.5. The van der Waals surface area contributed by atoms with Gasteiger partial charge in [-0.15, -0.1) is 0 Å². The van der Waals surface area contributed by atoms with Crippen LogP contribution < -0.4 is 27.7 Å². The molecule has 188 valence electrons. The van der Waals surface area contributed by atoms with Crippen LogP contribution in [0.15, 0.2) is 47.2 Å². The van der Waals surface area contributed by atoms with Gasteiger partial charge in [0.2, 0.25) is 0 Å². The summed E-state index contributed by atoms with van der Waals surface area (Å²) in [4.78, 5) is 15.1. The Morgan fingerprint density at radius 2 is 1.86 bits per heavy atom. The number of benzene rings is 1. The summed E-state index contributed by atoms with van der Waals surface area (Å²) < 4.78 is 6.66. The summed E-state index contributed by atoms with van der Waals surface area (Å²) in [6, 6.07) is 11.3. The molecule has 3 aromatic heterocycles.